The largest absolute Gasteiger partial charge is 0.497 e. The van der Waals surface area contributed by atoms with Crippen LogP contribution in [0.3, 0.4) is 0 Å². The minimum atomic E-state index is -3.86. The maximum Gasteiger partial charge on any atom is 0.238 e. The van der Waals surface area contributed by atoms with Crippen LogP contribution < -0.4 is 9.88 Å². The van der Waals surface area contributed by atoms with Crippen LogP contribution in [0.25, 0.3) is 22.0 Å². The molecule has 0 unspecified atom stereocenters. The molecule has 0 bridgehead atoms. The van der Waals surface area contributed by atoms with Gasteiger partial charge in [-0.05, 0) is 37.3 Å². The minimum Gasteiger partial charge on any atom is -0.497 e. The lowest BCUT2D eigenvalue weighted by Crippen LogP contribution is -2.13. The standard InChI is InChI=1S/C17H16N2O3S/c1-11-5-6-16(23(18,20)21)14(8-11)15-10-13(22-2)9-12-4-3-7-19-17(12)15/h3-10H,1-2H3,(H2,18,20,21). The SMILES string of the molecule is COc1cc(-c2cc(C)ccc2S(N)(=O)=O)c2ncccc2c1. The highest BCUT2D eigenvalue weighted by molar-refractivity contribution is 7.89. The molecular formula is C17H16N2O3S. The second-order valence-electron chi connectivity index (χ2n) is 5.29. The van der Waals surface area contributed by atoms with Crippen LogP contribution in [0.2, 0.25) is 0 Å². The number of benzene rings is 2. The van der Waals surface area contributed by atoms with Gasteiger partial charge in [0.15, 0.2) is 0 Å². The summed E-state index contributed by atoms with van der Waals surface area (Å²) >= 11 is 0. The Bertz CT molecular complexity index is 998. The van der Waals surface area contributed by atoms with E-state index >= 15 is 0 Å². The molecule has 0 aliphatic heterocycles. The number of hydrogen-bond donors (Lipinski definition) is 1. The number of nitrogens with zero attached hydrogens (tertiary/aromatic N) is 1. The summed E-state index contributed by atoms with van der Waals surface area (Å²) < 4.78 is 29.2. The van der Waals surface area contributed by atoms with Crippen LogP contribution in [0.5, 0.6) is 5.75 Å². The lowest BCUT2D eigenvalue weighted by molar-refractivity contribution is 0.415. The zero-order valence-electron chi connectivity index (χ0n) is 12.8. The maximum atomic E-state index is 12.0. The van der Waals surface area contributed by atoms with Crippen molar-refractivity contribution in [1.82, 2.24) is 4.98 Å². The number of nitrogens with two attached hydrogens (primary N) is 1. The molecule has 0 fully saturated rings. The van der Waals surface area contributed by atoms with E-state index in [1.54, 1.807) is 31.5 Å². The predicted octanol–water partition coefficient (Wildman–Crippen LogP) is 2.87. The Morgan fingerprint density at radius 1 is 1.09 bits per heavy atom. The molecule has 118 valence electrons. The van der Waals surface area contributed by atoms with E-state index in [4.69, 9.17) is 9.88 Å². The average Bonchev–Trinajstić information content (AvgIpc) is 2.52. The van der Waals surface area contributed by atoms with Gasteiger partial charge >= 0.3 is 0 Å². The number of hydrogen-bond acceptors (Lipinski definition) is 4. The van der Waals surface area contributed by atoms with Crippen LogP contribution in [0.15, 0.2) is 53.6 Å². The summed E-state index contributed by atoms with van der Waals surface area (Å²) in [6, 6.07) is 12.4. The fourth-order valence-corrected chi connectivity index (χ4v) is 3.32. The van der Waals surface area contributed by atoms with Gasteiger partial charge in [0.05, 0.1) is 17.5 Å². The molecule has 0 amide bonds. The smallest absolute Gasteiger partial charge is 0.238 e. The summed E-state index contributed by atoms with van der Waals surface area (Å²) in [6.07, 6.45) is 1.67. The number of pyridine rings is 1. The molecule has 2 N–H and O–H groups in total. The molecular weight excluding hydrogens is 312 g/mol. The summed E-state index contributed by atoms with van der Waals surface area (Å²) in [5.41, 5.74) is 2.82. The molecule has 0 aliphatic rings. The molecule has 0 radical (unpaired) electrons. The maximum absolute atomic E-state index is 12.0. The number of fused-ring (bicyclic) bond motifs is 1. The van der Waals surface area contributed by atoms with Crippen LogP contribution in [0.4, 0.5) is 0 Å². The highest BCUT2D eigenvalue weighted by Crippen LogP contribution is 2.35. The number of rotatable bonds is 3. The summed E-state index contributed by atoms with van der Waals surface area (Å²) in [5.74, 6) is 0.627. The van der Waals surface area contributed by atoms with E-state index < -0.39 is 10.0 Å². The van der Waals surface area contributed by atoms with Crippen molar-refractivity contribution in [2.45, 2.75) is 11.8 Å². The van der Waals surface area contributed by atoms with Crippen molar-refractivity contribution in [1.29, 1.82) is 0 Å². The minimum absolute atomic E-state index is 0.0725. The Kier molecular flexibility index (Phi) is 3.79. The van der Waals surface area contributed by atoms with Crippen molar-refractivity contribution in [2.75, 3.05) is 7.11 Å². The Hall–Kier alpha value is -2.44. The van der Waals surface area contributed by atoms with Crippen LogP contribution >= 0.6 is 0 Å². The van der Waals surface area contributed by atoms with E-state index in [1.807, 2.05) is 25.1 Å². The van der Waals surface area contributed by atoms with Gasteiger partial charge in [-0.25, -0.2) is 13.6 Å². The van der Waals surface area contributed by atoms with E-state index in [2.05, 4.69) is 4.98 Å². The molecule has 23 heavy (non-hydrogen) atoms. The van der Waals surface area contributed by atoms with Crippen molar-refractivity contribution in [2.24, 2.45) is 5.14 Å². The van der Waals surface area contributed by atoms with Crippen molar-refractivity contribution in [3.05, 3.63) is 54.2 Å². The first kappa shape index (κ1) is 15.5. The van der Waals surface area contributed by atoms with Crippen LogP contribution in [-0.2, 0) is 10.0 Å². The second kappa shape index (κ2) is 5.64. The summed E-state index contributed by atoms with van der Waals surface area (Å²) in [5, 5.41) is 6.24. The number of aromatic nitrogens is 1. The third-order valence-corrected chi connectivity index (χ3v) is 4.61. The van der Waals surface area contributed by atoms with Crippen molar-refractivity contribution in [3.63, 3.8) is 0 Å². The first-order valence-electron chi connectivity index (χ1n) is 6.97. The topological polar surface area (TPSA) is 82.3 Å². The normalized spacial score (nSPS) is 11.6. The van der Waals surface area contributed by atoms with E-state index in [0.717, 1.165) is 10.9 Å². The number of ether oxygens (including phenoxy) is 1. The van der Waals surface area contributed by atoms with E-state index in [-0.39, 0.29) is 4.90 Å². The third-order valence-electron chi connectivity index (χ3n) is 3.65. The predicted molar refractivity (Wildman–Crippen MR) is 89.8 cm³/mol. The van der Waals surface area contributed by atoms with Gasteiger partial charge in [-0.1, -0.05) is 17.7 Å². The van der Waals surface area contributed by atoms with Crippen molar-refractivity contribution < 1.29 is 13.2 Å². The van der Waals surface area contributed by atoms with Crippen LogP contribution in [-0.4, -0.2) is 20.5 Å². The molecule has 3 rings (SSSR count). The molecule has 0 saturated heterocycles. The first-order valence-corrected chi connectivity index (χ1v) is 8.51. The third kappa shape index (κ3) is 2.91. The number of methoxy groups -OCH3 is 1. The molecule has 0 aliphatic carbocycles. The number of primary sulfonamides is 1. The Morgan fingerprint density at radius 2 is 1.87 bits per heavy atom. The first-order chi connectivity index (χ1) is 10.9. The van der Waals surface area contributed by atoms with Crippen LogP contribution in [0, 0.1) is 6.92 Å². The molecule has 0 spiro atoms. The molecule has 0 atom stereocenters. The molecule has 1 heterocycles. The summed E-state index contributed by atoms with van der Waals surface area (Å²) in [6.45, 7) is 1.90. The average molecular weight is 328 g/mol. The molecule has 5 nitrogen and oxygen atoms in total. The van der Waals surface area contributed by atoms with Gasteiger partial charge in [0.2, 0.25) is 10.0 Å². The number of aryl methyl sites for hydroxylation is 1. The zero-order chi connectivity index (χ0) is 16.6. The quantitative estimate of drug-likeness (QED) is 0.801. The van der Waals surface area contributed by atoms with Gasteiger partial charge in [-0.3, -0.25) is 4.98 Å². The van der Waals surface area contributed by atoms with E-state index in [9.17, 15) is 8.42 Å². The van der Waals surface area contributed by atoms with Crippen molar-refractivity contribution in [3.8, 4) is 16.9 Å². The van der Waals surface area contributed by atoms with Gasteiger partial charge in [0.1, 0.15) is 5.75 Å². The fourth-order valence-electron chi connectivity index (χ4n) is 2.59. The molecule has 6 heteroatoms. The highest BCUT2D eigenvalue weighted by Gasteiger charge is 2.18. The lowest BCUT2D eigenvalue weighted by Gasteiger charge is -2.13. The van der Waals surface area contributed by atoms with Gasteiger partial charge in [0.25, 0.3) is 0 Å². The van der Waals surface area contributed by atoms with E-state index in [0.29, 0.717) is 22.4 Å². The Balaban J connectivity index is 2.44. The summed E-state index contributed by atoms with van der Waals surface area (Å²) in [4.78, 5) is 4.47. The molecule has 3 aromatic rings. The highest BCUT2D eigenvalue weighted by atomic mass is 32.2. The van der Waals surface area contributed by atoms with Gasteiger partial charge in [-0.2, -0.15) is 0 Å². The summed E-state index contributed by atoms with van der Waals surface area (Å²) in [7, 11) is -2.29. The molecule has 2 aromatic carbocycles. The Labute approximate surface area is 134 Å². The second-order valence-corrected chi connectivity index (χ2v) is 6.82. The van der Waals surface area contributed by atoms with E-state index in [1.165, 1.54) is 6.07 Å². The van der Waals surface area contributed by atoms with Crippen LogP contribution in [0.1, 0.15) is 5.56 Å². The van der Waals surface area contributed by atoms with Crippen molar-refractivity contribution >= 4 is 20.9 Å². The number of sulfonamides is 1. The van der Waals surface area contributed by atoms with Gasteiger partial charge in [-0.15, -0.1) is 0 Å². The monoisotopic (exact) mass is 328 g/mol. The van der Waals surface area contributed by atoms with Gasteiger partial charge in [0, 0.05) is 22.7 Å². The lowest BCUT2D eigenvalue weighted by atomic mass is 10.00. The van der Waals surface area contributed by atoms with Gasteiger partial charge < -0.3 is 4.74 Å². The molecule has 1 aromatic heterocycles. The molecule has 0 saturated carbocycles. The fraction of sp³-hybridized carbons (Fsp3) is 0.118. The Morgan fingerprint density at radius 3 is 2.57 bits per heavy atom. The zero-order valence-corrected chi connectivity index (χ0v) is 13.6.